The van der Waals surface area contributed by atoms with Gasteiger partial charge in [0, 0.05) is 16.0 Å². The Labute approximate surface area is 149 Å². The topological polar surface area (TPSA) is 90.9 Å². The summed E-state index contributed by atoms with van der Waals surface area (Å²) in [6, 6.07) is 6.82. The number of halogens is 1. The van der Waals surface area contributed by atoms with Crippen LogP contribution in [0.4, 0.5) is 5.69 Å². The molecule has 0 saturated carbocycles. The first-order chi connectivity index (χ1) is 12.0. The summed E-state index contributed by atoms with van der Waals surface area (Å²) in [4.78, 5) is 32.5. The number of pyridine rings is 1. The van der Waals surface area contributed by atoms with Gasteiger partial charge in [0.25, 0.3) is 11.2 Å². The quantitative estimate of drug-likeness (QED) is 0.393. The molecule has 25 heavy (non-hydrogen) atoms. The minimum absolute atomic E-state index is 0.0871. The molecule has 0 fully saturated rings. The number of nitro groups is 1. The third kappa shape index (κ3) is 2.38. The normalized spacial score (nSPS) is 11.3. The van der Waals surface area contributed by atoms with E-state index in [0.29, 0.717) is 36.7 Å². The van der Waals surface area contributed by atoms with Crippen molar-refractivity contribution < 1.29 is 4.92 Å². The van der Waals surface area contributed by atoms with E-state index < -0.39 is 4.92 Å². The molecule has 0 atom stereocenters. The van der Waals surface area contributed by atoms with Crippen molar-refractivity contribution in [3.63, 3.8) is 0 Å². The van der Waals surface area contributed by atoms with Gasteiger partial charge in [0.05, 0.1) is 16.1 Å². The van der Waals surface area contributed by atoms with E-state index in [2.05, 4.69) is 9.97 Å². The Morgan fingerprint density at radius 1 is 1.24 bits per heavy atom. The number of aromatic nitrogens is 3. The van der Waals surface area contributed by atoms with Crippen LogP contribution in [0.25, 0.3) is 26.1 Å². The fraction of sp³-hybridized carbons (Fsp3) is 0.0625. The van der Waals surface area contributed by atoms with Crippen molar-refractivity contribution in [3.05, 3.63) is 67.8 Å². The molecule has 0 unspecified atom stereocenters. The van der Waals surface area contributed by atoms with E-state index in [1.807, 2.05) is 0 Å². The molecular formula is C16H9ClN4O3S. The maximum Gasteiger partial charge on any atom is 0.291 e. The molecule has 0 aliphatic rings. The largest absolute Gasteiger partial charge is 0.291 e. The smallest absolute Gasteiger partial charge is 0.267 e. The summed E-state index contributed by atoms with van der Waals surface area (Å²) in [5.74, 6) is 0. The third-order valence-electron chi connectivity index (χ3n) is 3.94. The Balaban J connectivity index is 2.04. The van der Waals surface area contributed by atoms with E-state index in [1.54, 1.807) is 31.2 Å². The SMILES string of the molecule is Cc1c([N+](=O)[O-])cnc2sc3c(=O)n(-c4ccc(Cl)cc4)cnc3c12. The van der Waals surface area contributed by atoms with Gasteiger partial charge in [-0.05, 0) is 31.2 Å². The van der Waals surface area contributed by atoms with Crippen LogP contribution in [0, 0.1) is 17.0 Å². The number of benzene rings is 1. The second-order valence-corrected chi connectivity index (χ2v) is 6.82. The van der Waals surface area contributed by atoms with Gasteiger partial charge >= 0.3 is 0 Å². The lowest BCUT2D eigenvalue weighted by atomic mass is 10.1. The van der Waals surface area contributed by atoms with E-state index in [9.17, 15) is 14.9 Å². The Kier molecular flexibility index (Phi) is 3.52. The summed E-state index contributed by atoms with van der Waals surface area (Å²) in [5, 5.41) is 12.2. The maximum atomic E-state index is 12.9. The lowest BCUT2D eigenvalue weighted by Gasteiger charge is -2.05. The van der Waals surface area contributed by atoms with E-state index in [1.165, 1.54) is 28.4 Å². The van der Waals surface area contributed by atoms with Crippen LogP contribution in [-0.4, -0.2) is 19.5 Å². The number of aryl methyl sites for hydroxylation is 1. The van der Waals surface area contributed by atoms with Crippen LogP contribution in [-0.2, 0) is 0 Å². The molecule has 7 nitrogen and oxygen atoms in total. The molecule has 0 N–H and O–H groups in total. The highest BCUT2D eigenvalue weighted by atomic mass is 35.5. The average molecular weight is 373 g/mol. The van der Waals surface area contributed by atoms with Crippen LogP contribution in [0.1, 0.15) is 5.56 Å². The van der Waals surface area contributed by atoms with Gasteiger partial charge in [-0.15, -0.1) is 11.3 Å². The van der Waals surface area contributed by atoms with Crippen molar-refractivity contribution in [1.29, 1.82) is 0 Å². The molecule has 0 aliphatic heterocycles. The number of rotatable bonds is 2. The molecular weight excluding hydrogens is 364 g/mol. The lowest BCUT2D eigenvalue weighted by molar-refractivity contribution is -0.385. The van der Waals surface area contributed by atoms with Gasteiger partial charge in [0.2, 0.25) is 0 Å². The highest BCUT2D eigenvalue weighted by molar-refractivity contribution is 7.25. The van der Waals surface area contributed by atoms with Crippen LogP contribution in [0.5, 0.6) is 0 Å². The molecule has 0 bridgehead atoms. The fourth-order valence-corrected chi connectivity index (χ4v) is 3.91. The van der Waals surface area contributed by atoms with Crippen LogP contribution in [0.15, 0.2) is 41.6 Å². The average Bonchev–Trinajstić information content (AvgIpc) is 2.97. The predicted molar refractivity (Wildman–Crippen MR) is 96.9 cm³/mol. The molecule has 0 saturated heterocycles. The number of thiophene rings is 1. The van der Waals surface area contributed by atoms with Crippen molar-refractivity contribution in [2.45, 2.75) is 6.92 Å². The second kappa shape index (κ2) is 5.61. The van der Waals surface area contributed by atoms with Crippen LogP contribution >= 0.6 is 22.9 Å². The first kappa shape index (κ1) is 15.7. The minimum atomic E-state index is -0.486. The molecule has 124 valence electrons. The molecule has 1 aromatic carbocycles. The monoisotopic (exact) mass is 372 g/mol. The van der Waals surface area contributed by atoms with Crippen molar-refractivity contribution in [1.82, 2.24) is 14.5 Å². The summed E-state index contributed by atoms with van der Waals surface area (Å²) in [6.45, 7) is 1.64. The summed E-state index contributed by atoms with van der Waals surface area (Å²) in [6.07, 6.45) is 2.63. The molecule has 3 aromatic heterocycles. The summed E-state index contributed by atoms with van der Waals surface area (Å²) in [5.41, 5.74) is 1.19. The zero-order valence-corrected chi connectivity index (χ0v) is 14.3. The standard InChI is InChI=1S/C16H9ClN4O3S/c1-8-11(21(23)24)6-18-15-12(8)13-14(25-15)16(22)20(7-19-13)10-4-2-9(17)3-5-10/h2-7H,1H3. The van der Waals surface area contributed by atoms with E-state index >= 15 is 0 Å². The molecule has 4 rings (SSSR count). The zero-order valence-electron chi connectivity index (χ0n) is 12.8. The molecule has 4 aromatic rings. The third-order valence-corrected chi connectivity index (χ3v) is 5.27. The lowest BCUT2D eigenvalue weighted by Crippen LogP contribution is -2.17. The number of nitrogens with zero attached hydrogens (tertiary/aromatic N) is 4. The Hall–Kier alpha value is -2.84. The molecule has 0 spiro atoms. The van der Waals surface area contributed by atoms with Crippen molar-refractivity contribution in [2.75, 3.05) is 0 Å². The number of hydrogen-bond donors (Lipinski definition) is 0. The van der Waals surface area contributed by atoms with Crippen LogP contribution in [0.3, 0.4) is 0 Å². The molecule has 0 amide bonds. The van der Waals surface area contributed by atoms with E-state index in [-0.39, 0.29) is 11.2 Å². The highest BCUT2D eigenvalue weighted by Gasteiger charge is 2.20. The molecule has 3 heterocycles. The van der Waals surface area contributed by atoms with Gasteiger partial charge in [-0.3, -0.25) is 19.5 Å². The Morgan fingerprint density at radius 2 is 1.96 bits per heavy atom. The van der Waals surface area contributed by atoms with E-state index in [0.717, 1.165) is 0 Å². The predicted octanol–water partition coefficient (Wildman–Crippen LogP) is 3.87. The Bertz CT molecular complexity index is 1210. The van der Waals surface area contributed by atoms with Gasteiger partial charge in [-0.2, -0.15) is 0 Å². The minimum Gasteiger partial charge on any atom is -0.267 e. The molecule has 0 radical (unpaired) electrons. The summed E-state index contributed by atoms with van der Waals surface area (Å²) in [7, 11) is 0. The first-order valence-electron chi connectivity index (χ1n) is 7.17. The maximum absolute atomic E-state index is 12.9. The van der Waals surface area contributed by atoms with Gasteiger partial charge in [-0.25, -0.2) is 9.97 Å². The second-order valence-electron chi connectivity index (χ2n) is 5.38. The van der Waals surface area contributed by atoms with Crippen LogP contribution in [0.2, 0.25) is 5.02 Å². The summed E-state index contributed by atoms with van der Waals surface area (Å²) >= 11 is 7.06. The fourth-order valence-electron chi connectivity index (χ4n) is 2.70. The molecule has 9 heteroatoms. The van der Waals surface area contributed by atoms with Gasteiger partial charge in [0.1, 0.15) is 22.1 Å². The van der Waals surface area contributed by atoms with Gasteiger partial charge in [-0.1, -0.05) is 11.6 Å². The van der Waals surface area contributed by atoms with Gasteiger partial charge < -0.3 is 0 Å². The van der Waals surface area contributed by atoms with E-state index in [4.69, 9.17) is 11.6 Å². The zero-order chi connectivity index (χ0) is 17.7. The Morgan fingerprint density at radius 3 is 2.64 bits per heavy atom. The van der Waals surface area contributed by atoms with Gasteiger partial charge in [0.15, 0.2) is 0 Å². The van der Waals surface area contributed by atoms with Crippen molar-refractivity contribution in [2.24, 2.45) is 0 Å². The van der Waals surface area contributed by atoms with Crippen LogP contribution < -0.4 is 5.56 Å². The molecule has 0 aliphatic carbocycles. The number of fused-ring (bicyclic) bond motifs is 3. The first-order valence-corrected chi connectivity index (χ1v) is 8.36. The van der Waals surface area contributed by atoms with Crippen molar-refractivity contribution >= 4 is 49.1 Å². The highest BCUT2D eigenvalue weighted by Crippen LogP contribution is 2.35. The summed E-state index contributed by atoms with van der Waals surface area (Å²) < 4.78 is 1.82. The number of hydrogen-bond acceptors (Lipinski definition) is 6. The van der Waals surface area contributed by atoms with Crippen molar-refractivity contribution in [3.8, 4) is 5.69 Å².